The Balaban J connectivity index is 1.43. The molecule has 1 atom stereocenters. The number of rotatable bonds is 5. The number of carbonyl (C=O) groups excluding carboxylic acids is 1. The van der Waals surface area contributed by atoms with Crippen LogP contribution in [0.5, 0.6) is 5.75 Å². The SMILES string of the molecule is COc1cccc([C@@H]2CC(c3ccc(C)cc3C)=NN2C(=O)CN2CCc3ccccc3C2)c1. The third kappa shape index (κ3) is 4.48. The van der Waals surface area contributed by atoms with Gasteiger partial charge in [0.2, 0.25) is 0 Å². The fraction of sp³-hybridized carbons (Fsp3) is 0.310. The second kappa shape index (κ2) is 9.43. The Morgan fingerprint density at radius 1 is 1.03 bits per heavy atom. The Labute approximate surface area is 201 Å². The van der Waals surface area contributed by atoms with Gasteiger partial charge in [-0.2, -0.15) is 5.10 Å². The summed E-state index contributed by atoms with van der Waals surface area (Å²) in [6, 6.07) is 22.8. The van der Waals surface area contributed by atoms with E-state index in [0.717, 1.165) is 42.1 Å². The van der Waals surface area contributed by atoms with Gasteiger partial charge in [0.25, 0.3) is 5.91 Å². The minimum Gasteiger partial charge on any atom is -0.497 e. The second-order valence-electron chi connectivity index (χ2n) is 9.33. The van der Waals surface area contributed by atoms with Gasteiger partial charge in [0.15, 0.2) is 0 Å². The van der Waals surface area contributed by atoms with E-state index in [2.05, 4.69) is 67.3 Å². The summed E-state index contributed by atoms with van der Waals surface area (Å²) in [4.78, 5) is 15.9. The van der Waals surface area contributed by atoms with Crippen LogP contribution < -0.4 is 4.74 Å². The normalized spacial score (nSPS) is 17.9. The van der Waals surface area contributed by atoms with E-state index in [1.807, 2.05) is 18.2 Å². The number of hydrogen-bond acceptors (Lipinski definition) is 4. The lowest BCUT2D eigenvalue weighted by molar-refractivity contribution is -0.134. The zero-order chi connectivity index (χ0) is 23.7. The molecule has 0 aromatic heterocycles. The van der Waals surface area contributed by atoms with Gasteiger partial charge in [-0.25, -0.2) is 5.01 Å². The molecule has 1 amide bonds. The number of hydrazone groups is 1. The maximum atomic E-state index is 13.6. The first-order valence-corrected chi connectivity index (χ1v) is 11.9. The van der Waals surface area contributed by atoms with Crippen molar-refractivity contribution < 1.29 is 9.53 Å². The zero-order valence-electron chi connectivity index (χ0n) is 20.1. The highest BCUT2D eigenvalue weighted by Gasteiger charge is 2.34. The van der Waals surface area contributed by atoms with Crippen LogP contribution in [0.2, 0.25) is 0 Å². The van der Waals surface area contributed by atoms with Crippen molar-refractivity contribution >= 4 is 11.6 Å². The summed E-state index contributed by atoms with van der Waals surface area (Å²) >= 11 is 0. The van der Waals surface area contributed by atoms with Crippen LogP contribution in [0.15, 0.2) is 71.8 Å². The lowest BCUT2D eigenvalue weighted by Gasteiger charge is -2.30. The largest absolute Gasteiger partial charge is 0.497 e. The number of nitrogens with zero attached hydrogens (tertiary/aromatic N) is 3. The van der Waals surface area contributed by atoms with Crippen LogP contribution in [0.25, 0.3) is 0 Å². The third-order valence-electron chi connectivity index (χ3n) is 6.91. The first-order valence-electron chi connectivity index (χ1n) is 11.9. The number of aryl methyl sites for hydroxylation is 2. The van der Waals surface area contributed by atoms with Crippen LogP contribution in [0, 0.1) is 13.8 Å². The molecule has 0 saturated carbocycles. The highest BCUT2D eigenvalue weighted by Crippen LogP contribution is 2.35. The summed E-state index contributed by atoms with van der Waals surface area (Å²) in [5, 5.41) is 6.62. The van der Waals surface area contributed by atoms with Gasteiger partial charge in [-0.3, -0.25) is 9.69 Å². The fourth-order valence-electron chi connectivity index (χ4n) is 5.10. The molecule has 0 spiro atoms. The number of ether oxygens (including phenoxy) is 1. The van der Waals surface area contributed by atoms with E-state index in [-0.39, 0.29) is 11.9 Å². The van der Waals surface area contributed by atoms with Crippen molar-refractivity contribution in [3.63, 3.8) is 0 Å². The number of carbonyl (C=O) groups is 1. The number of benzene rings is 3. The molecule has 3 aromatic carbocycles. The van der Waals surface area contributed by atoms with Crippen molar-refractivity contribution in [2.24, 2.45) is 5.10 Å². The monoisotopic (exact) mass is 453 g/mol. The smallest absolute Gasteiger partial charge is 0.257 e. The van der Waals surface area contributed by atoms with E-state index in [0.29, 0.717) is 13.0 Å². The predicted octanol–water partition coefficient (Wildman–Crippen LogP) is 5.05. The van der Waals surface area contributed by atoms with Crippen molar-refractivity contribution in [3.05, 3.63) is 100 Å². The first-order chi connectivity index (χ1) is 16.5. The van der Waals surface area contributed by atoms with Gasteiger partial charge < -0.3 is 4.74 Å². The number of amides is 1. The van der Waals surface area contributed by atoms with Crippen molar-refractivity contribution in [1.82, 2.24) is 9.91 Å². The van der Waals surface area contributed by atoms with Crippen molar-refractivity contribution in [2.45, 2.75) is 39.3 Å². The van der Waals surface area contributed by atoms with Gasteiger partial charge in [-0.15, -0.1) is 0 Å². The summed E-state index contributed by atoms with van der Waals surface area (Å²) < 4.78 is 5.46. The molecule has 174 valence electrons. The van der Waals surface area contributed by atoms with E-state index in [4.69, 9.17) is 9.84 Å². The topological polar surface area (TPSA) is 45.1 Å². The van der Waals surface area contributed by atoms with Crippen LogP contribution in [0.3, 0.4) is 0 Å². The highest BCUT2D eigenvalue weighted by atomic mass is 16.5. The lowest BCUT2D eigenvalue weighted by atomic mass is 9.95. The summed E-state index contributed by atoms with van der Waals surface area (Å²) in [7, 11) is 1.67. The molecule has 0 saturated heterocycles. The predicted molar refractivity (Wildman–Crippen MR) is 135 cm³/mol. The molecular formula is C29H31N3O2. The summed E-state index contributed by atoms with van der Waals surface area (Å²) in [5.41, 5.74) is 8.22. The zero-order valence-corrected chi connectivity index (χ0v) is 20.1. The molecule has 3 aromatic rings. The summed E-state index contributed by atoms with van der Waals surface area (Å²) in [6.45, 7) is 6.25. The maximum Gasteiger partial charge on any atom is 0.257 e. The van der Waals surface area contributed by atoms with Crippen molar-refractivity contribution in [1.29, 1.82) is 0 Å². The summed E-state index contributed by atoms with van der Waals surface area (Å²) in [6.07, 6.45) is 1.66. The van der Waals surface area contributed by atoms with Crippen LogP contribution in [0.1, 0.15) is 45.8 Å². The molecule has 5 nitrogen and oxygen atoms in total. The van der Waals surface area contributed by atoms with Crippen LogP contribution in [0.4, 0.5) is 0 Å². The molecule has 0 aliphatic carbocycles. The Bertz CT molecular complexity index is 1250. The highest BCUT2D eigenvalue weighted by molar-refractivity contribution is 6.04. The van der Waals surface area contributed by atoms with Crippen LogP contribution in [-0.2, 0) is 17.8 Å². The van der Waals surface area contributed by atoms with Crippen molar-refractivity contribution in [3.8, 4) is 5.75 Å². The molecule has 0 unspecified atom stereocenters. The number of methoxy groups -OCH3 is 1. The molecule has 2 aliphatic heterocycles. The van der Waals surface area contributed by atoms with Gasteiger partial charge in [-0.05, 0) is 54.7 Å². The van der Waals surface area contributed by atoms with E-state index >= 15 is 0 Å². The first kappa shape index (κ1) is 22.4. The van der Waals surface area contributed by atoms with Crippen molar-refractivity contribution in [2.75, 3.05) is 20.2 Å². The lowest BCUT2D eigenvalue weighted by Crippen LogP contribution is -2.40. The van der Waals surface area contributed by atoms with Gasteiger partial charge in [-0.1, -0.05) is 60.2 Å². The second-order valence-corrected chi connectivity index (χ2v) is 9.33. The molecule has 2 heterocycles. The molecule has 0 fully saturated rings. The number of hydrogen-bond donors (Lipinski definition) is 0. The standard InChI is InChI=1S/C29H31N3O2/c1-20-11-12-26(21(2)15-20)27-17-28(23-9-6-10-25(16-23)34-3)32(30-27)29(33)19-31-14-13-22-7-4-5-8-24(22)18-31/h4-12,15-16,28H,13-14,17-19H2,1-3H3/t28-/m0/s1. The maximum absolute atomic E-state index is 13.6. The Hall–Kier alpha value is -3.44. The molecular weight excluding hydrogens is 422 g/mol. The molecule has 2 aliphatic rings. The fourth-order valence-corrected chi connectivity index (χ4v) is 5.10. The molecule has 0 bridgehead atoms. The van der Waals surface area contributed by atoms with Gasteiger partial charge in [0, 0.05) is 25.1 Å². The average Bonchev–Trinajstić information content (AvgIpc) is 3.29. The molecule has 5 heteroatoms. The van der Waals surface area contributed by atoms with E-state index in [9.17, 15) is 4.79 Å². The molecule has 5 rings (SSSR count). The van der Waals surface area contributed by atoms with Gasteiger partial charge in [0.1, 0.15) is 5.75 Å². The summed E-state index contributed by atoms with van der Waals surface area (Å²) in [5.74, 6) is 0.824. The Kier molecular flexibility index (Phi) is 6.20. The third-order valence-corrected chi connectivity index (χ3v) is 6.91. The van der Waals surface area contributed by atoms with E-state index in [1.54, 1.807) is 12.1 Å². The minimum atomic E-state index is -0.143. The van der Waals surface area contributed by atoms with Crippen LogP contribution in [-0.4, -0.2) is 41.7 Å². The Morgan fingerprint density at radius 2 is 1.85 bits per heavy atom. The number of fused-ring (bicyclic) bond motifs is 1. The van der Waals surface area contributed by atoms with E-state index in [1.165, 1.54) is 22.3 Å². The van der Waals surface area contributed by atoms with E-state index < -0.39 is 0 Å². The quantitative estimate of drug-likeness (QED) is 0.543. The van der Waals surface area contributed by atoms with Gasteiger partial charge >= 0.3 is 0 Å². The molecule has 34 heavy (non-hydrogen) atoms. The molecule has 0 N–H and O–H groups in total. The Morgan fingerprint density at radius 3 is 2.65 bits per heavy atom. The minimum absolute atomic E-state index is 0.0342. The molecule has 0 radical (unpaired) electrons. The average molecular weight is 454 g/mol. The van der Waals surface area contributed by atoms with Crippen LogP contribution >= 0.6 is 0 Å². The van der Waals surface area contributed by atoms with Gasteiger partial charge in [0.05, 0.1) is 25.4 Å².